The molecule has 1 heterocycles. The highest BCUT2D eigenvalue weighted by atomic mass is 16.5. The zero-order valence-corrected chi connectivity index (χ0v) is 15.0. The largest absolute Gasteiger partial charge is 0.461 e. The summed E-state index contributed by atoms with van der Waals surface area (Å²) in [7, 11) is 0. The van der Waals surface area contributed by atoms with Crippen LogP contribution in [0.3, 0.4) is 0 Å². The van der Waals surface area contributed by atoms with Crippen molar-refractivity contribution in [2.45, 2.75) is 25.2 Å². The number of hydrogen-bond acceptors (Lipinski definition) is 2. The summed E-state index contributed by atoms with van der Waals surface area (Å²) in [6.45, 7) is 0. The van der Waals surface area contributed by atoms with Gasteiger partial charge in [0.1, 0.15) is 11.5 Å². The van der Waals surface area contributed by atoms with E-state index in [2.05, 4.69) is 60.7 Å². The summed E-state index contributed by atoms with van der Waals surface area (Å²) in [5, 5.41) is 2.41. The molecule has 3 aromatic rings. The Balaban J connectivity index is 1.66. The minimum atomic E-state index is -0.0543. The number of Topliss-reactive ketones (excluding diaryl/α,β-unsaturated/α-hetero) is 1. The SMILES string of the molecule is O=C1CCCC2=C1C(c1ccc3ccccc3c1)C=C(c1ccccc1)O2. The molecule has 0 bridgehead atoms. The molecule has 1 aliphatic heterocycles. The normalized spacial score (nSPS) is 19.5. The summed E-state index contributed by atoms with van der Waals surface area (Å²) in [5.41, 5.74) is 3.04. The maximum absolute atomic E-state index is 12.8. The van der Waals surface area contributed by atoms with E-state index < -0.39 is 0 Å². The van der Waals surface area contributed by atoms with Crippen LogP contribution in [0.2, 0.25) is 0 Å². The highest BCUT2D eigenvalue weighted by Gasteiger charge is 2.33. The van der Waals surface area contributed by atoms with E-state index in [-0.39, 0.29) is 11.7 Å². The van der Waals surface area contributed by atoms with Crippen LogP contribution in [-0.2, 0) is 9.53 Å². The second kappa shape index (κ2) is 6.55. The highest BCUT2D eigenvalue weighted by molar-refractivity contribution is 6.00. The van der Waals surface area contributed by atoms with Gasteiger partial charge in [0.05, 0.1) is 0 Å². The van der Waals surface area contributed by atoms with E-state index >= 15 is 0 Å². The quantitative estimate of drug-likeness (QED) is 0.565. The van der Waals surface area contributed by atoms with Crippen molar-refractivity contribution in [3.05, 3.63) is 101 Å². The van der Waals surface area contributed by atoms with E-state index in [9.17, 15) is 4.79 Å². The van der Waals surface area contributed by atoms with Crippen molar-refractivity contribution in [3.8, 4) is 0 Å². The zero-order valence-electron chi connectivity index (χ0n) is 15.0. The lowest BCUT2D eigenvalue weighted by Crippen LogP contribution is -2.21. The Morgan fingerprint density at radius 1 is 0.815 bits per heavy atom. The van der Waals surface area contributed by atoms with Gasteiger partial charge in [0.2, 0.25) is 0 Å². The molecule has 2 nitrogen and oxygen atoms in total. The summed E-state index contributed by atoms with van der Waals surface area (Å²) in [6.07, 6.45) is 4.42. The van der Waals surface area contributed by atoms with E-state index in [1.807, 2.05) is 18.2 Å². The molecule has 27 heavy (non-hydrogen) atoms. The lowest BCUT2D eigenvalue weighted by molar-refractivity contribution is -0.116. The first-order valence-corrected chi connectivity index (χ1v) is 9.49. The molecule has 5 rings (SSSR count). The number of carbonyl (C=O) groups excluding carboxylic acids is 1. The van der Waals surface area contributed by atoms with Crippen molar-refractivity contribution in [2.24, 2.45) is 0 Å². The third-order valence-electron chi connectivity index (χ3n) is 5.46. The Labute approximate surface area is 158 Å². The van der Waals surface area contributed by atoms with Gasteiger partial charge in [-0.2, -0.15) is 0 Å². The molecule has 2 aliphatic rings. The second-order valence-electron chi connectivity index (χ2n) is 7.20. The first-order chi connectivity index (χ1) is 13.3. The average molecular weight is 352 g/mol. The van der Waals surface area contributed by atoms with Crippen molar-refractivity contribution < 1.29 is 9.53 Å². The van der Waals surface area contributed by atoms with Crippen LogP contribution >= 0.6 is 0 Å². The first-order valence-electron chi connectivity index (χ1n) is 9.49. The number of carbonyl (C=O) groups is 1. The van der Waals surface area contributed by atoms with E-state index in [0.717, 1.165) is 41.1 Å². The van der Waals surface area contributed by atoms with Gasteiger partial charge in [0.15, 0.2) is 5.78 Å². The number of fused-ring (bicyclic) bond motifs is 1. The lowest BCUT2D eigenvalue weighted by atomic mass is 9.80. The fourth-order valence-electron chi connectivity index (χ4n) is 4.11. The fourth-order valence-corrected chi connectivity index (χ4v) is 4.11. The smallest absolute Gasteiger partial charge is 0.163 e. The third-order valence-corrected chi connectivity index (χ3v) is 5.46. The van der Waals surface area contributed by atoms with Gasteiger partial charge in [-0.1, -0.05) is 72.8 Å². The summed E-state index contributed by atoms with van der Waals surface area (Å²) in [6, 6.07) is 25.0. The van der Waals surface area contributed by atoms with Crippen molar-refractivity contribution in [1.82, 2.24) is 0 Å². The molecule has 0 spiro atoms. The molecule has 0 N–H and O–H groups in total. The molecule has 1 aliphatic carbocycles. The van der Waals surface area contributed by atoms with Gasteiger partial charge in [0.25, 0.3) is 0 Å². The summed E-state index contributed by atoms with van der Waals surface area (Å²) < 4.78 is 6.21. The summed E-state index contributed by atoms with van der Waals surface area (Å²) in [4.78, 5) is 12.8. The van der Waals surface area contributed by atoms with Crippen LogP contribution in [0.5, 0.6) is 0 Å². The van der Waals surface area contributed by atoms with Crippen LogP contribution in [0.1, 0.15) is 36.3 Å². The van der Waals surface area contributed by atoms with Crippen molar-refractivity contribution >= 4 is 22.3 Å². The van der Waals surface area contributed by atoms with Crippen LogP contribution in [0.15, 0.2) is 90.2 Å². The van der Waals surface area contributed by atoms with Crippen LogP contribution in [0.4, 0.5) is 0 Å². The molecule has 0 radical (unpaired) electrons. The molecular weight excluding hydrogens is 332 g/mol. The number of hydrogen-bond donors (Lipinski definition) is 0. The van der Waals surface area contributed by atoms with Crippen molar-refractivity contribution in [3.63, 3.8) is 0 Å². The number of ketones is 1. The minimum Gasteiger partial charge on any atom is -0.461 e. The molecule has 0 saturated heterocycles. The van der Waals surface area contributed by atoms with E-state index in [1.54, 1.807) is 0 Å². The Morgan fingerprint density at radius 3 is 2.44 bits per heavy atom. The van der Waals surface area contributed by atoms with E-state index in [0.29, 0.717) is 6.42 Å². The molecular formula is C25H20O2. The van der Waals surface area contributed by atoms with Gasteiger partial charge in [-0.25, -0.2) is 0 Å². The molecule has 1 unspecified atom stereocenters. The standard InChI is InChI=1S/C25H20O2/c26-22-11-6-12-23-25(22)21(16-24(27-23)18-8-2-1-3-9-18)20-14-13-17-7-4-5-10-19(17)15-20/h1-5,7-10,13-16,21H,6,11-12H2. The lowest BCUT2D eigenvalue weighted by Gasteiger charge is -2.30. The van der Waals surface area contributed by atoms with Crippen LogP contribution in [0.25, 0.3) is 16.5 Å². The van der Waals surface area contributed by atoms with Gasteiger partial charge in [-0.15, -0.1) is 0 Å². The number of rotatable bonds is 2. The molecule has 1 atom stereocenters. The maximum Gasteiger partial charge on any atom is 0.163 e. The van der Waals surface area contributed by atoms with E-state index in [4.69, 9.17) is 4.74 Å². The van der Waals surface area contributed by atoms with Crippen molar-refractivity contribution in [2.75, 3.05) is 0 Å². The van der Waals surface area contributed by atoms with E-state index in [1.165, 1.54) is 10.8 Å². The Bertz CT molecular complexity index is 1090. The van der Waals surface area contributed by atoms with Gasteiger partial charge in [0, 0.05) is 29.9 Å². The predicted octanol–water partition coefficient (Wildman–Crippen LogP) is 6.00. The Morgan fingerprint density at radius 2 is 1.59 bits per heavy atom. The Kier molecular flexibility index (Phi) is 3.90. The van der Waals surface area contributed by atoms with Gasteiger partial charge in [-0.3, -0.25) is 4.79 Å². The molecule has 3 aromatic carbocycles. The molecule has 0 aromatic heterocycles. The molecule has 132 valence electrons. The monoisotopic (exact) mass is 352 g/mol. The maximum atomic E-state index is 12.8. The third kappa shape index (κ3) is 2.87. The second-order valence-corrected chi connectivity index (χ2v) is 7.20. The molecule has 0 saturated carbocycles. The molecule has 0 fully saturated rings. The van der Waals surface area contributed by atoms with Gasteiger partial charge >= 0.3 is 0 Å². The topological polar surface area (TPSA) is 26.3 Å². The number of ether oxygens (including phenoxy) is 1. The number of allylic oxidation sites excluding steroid dienone is 3. The average Bonchev–Trinajstić information content (AvgIpc) is 2.73. The summed E-state index contributed by atoms with van der Waals surface area (Å²) >= 11 is 0. The van der Waals surface area contributed by atoms with Gasteiger partial charge < -0.3 is 4.74 Å². The van der Waals surface area contributed by atoms with Crippen LogP contribution in [-0.4, -0.2) is 5.78 Å². The minimum absolute atomic E-state index is 0.0543. The highest BCUT2D eigenvalue weighted by Crippen LogP contribution is 2.43. The molecule has 2 heteroatoms. The van der Waals surface area contributed by atoms with Gasteiger partial charge in [-0.05, 0) is 28.8 Å². The molecule has 0 amide bonds. The van der Waals surface area contributed by atoms with Crippen LogP contribution < -0.4 is 0 Å². The van der Waals surface area contributed by atoms with Crippen LogP contribution in [0, 0.1) is 0 Å². The zero-order chi connectivity index (χ0) is 18.2. The fraction of sp³-hybridized carbons (Fsp3) is 0.160. The Hall–Kier alpha value is -3.13. The number of benzene rings is 3. The summed E-state index contributed by atoms with van der Waals surface area (Å²) in [5.74, 6) is 1.87. The van der Waals surface area contributed by atoms with Crippen molar-refractivity contribution in [1.29, 1.82) is 0 Å². The predicted molar refractivity (Wildman–Crippen MR) is 108 cm³/mol. The first kappa shape index (κ1) is 16.1.